The molecule has 0 atom stereocenters. The fraction of sp³-hybridized carbons (Fsp3) is 0.200. The van der Waals surface area contributed by atoms with E-state index in [-0.39, 0.29) is 12.1 Å². The topological polar surface area (TPSA) is 60.5 Å². The second kappa shape index (κ2) is 6.69. The summed E-state index contributed by atoms with van der Waals surface area (Å²) in [6, 6.07) is 8.13. The lowest BCUT2D eigenvalue weighted by Gasteiger charge is -2.11. The highest BCUT2D eigenvalue weighted by Crippen LogP contribution is 2.24. The molecular weight excluding hydrogens is 275 g/mol. The summed E-state index contributed by atoms with van der Waals surface area (Å²) in [7, 11) is 3.09. The average Bonchev–Trinajstić information content (AvgIpc) is 2.52. The van der Waals surface area contributed by atoms with Gasteiger partial charge in [0.15, 0.2) is 0 Å². The van der Waals surface area contributed by atoms with Gasteiger partial charge in [-0.3, -0.25) is 4.79 Å². The van der Waals surface area contributed by atoms with Crippen molar-refractivity contribution in [1.82, 2.24) is 10.3 Å². The second-order valence-electron chi connectivity index (χ2n) is 4.20. The number of amides is 1. The maximum atomic E-state index is 13.4. The van der Waals surface area contributed by atoms with Crippen molar-refractivity contribution >= 4 is 5.91 Å². The van der Waals surface area contributed by atoms with Crippen molar-refractivity contribution in [3.8, 4) is 11.5 Å². The quantitative estimate of drug-likeness (QED) is 0.857. The Morgan fingerprint density at radius 2 is 2.10 bits per heavy atom. The van der Waals surface area contributed by atoms with Gasteiger partial charge in [0.1, 0.15) is 11.5 Å². The van der Waals surface area contributed by atoms with Crippen LogP contribution in [0, 0.1) is 5.95 Å². The molecule has 0 bridgehead atoms. The number of carbonyl (C=O) groups is 1. The molecule has 0 aliphatic carbocycles. The van der Waals surface area contributed by atoms with Gasteiger partial charge < -0.3 is 14.8 Å². The Morgan fingerprint density at radius 3 is 2.76 bits per heavy atom. The first kappa shape index (κ1) is 14.8. The third-order valence-corrected chi connectivity index (χ3v) is 2.94. The molecule has 110 valence electrons. The van der Waals surface area contributed by atoms with Crippen LogP contribution in [0.3, 0.4) is 0 Å². The monoisotopic (exact) mass is 290 g/mol. The molecule has 0 saturated carbocycles. The van der Waals surface area contributed by atoms with Crippen molar-refractivity contribution in [1.29, 1.82) is 0 Å². The molecule has 0 radical (unpaired) electrons. The molecule has 0 aliphatic rings. The van der Waals surface area contributed by atoms with Gasteiger partial charge >= 0.3 is 0 Å². The molecule has 6 heteroatoms. The largest absolute Gasteiger partial charge is 0.497 e. The van der Waals surface area contributed by atoms with Crippen molar-refractivity contribution < 1.29 is 18.7 Å². The van der Waals surface area contributed by atoms with Crippen molar-refractivity contribution in [3.63, 3.8) is 0 Å². The predicted octanol–water partition coefficient (Wildman–Crippen LogP) is 2.17. The summed E-state index contributed by atoms with van der Waals surface area (Å²) in [5.74, 6) is -0.0864. The average molecular weight is 290 g/mol. The highest BCUT2D eigenvalue weighted by Gasteiger charge is 2.13. The zero-order valence-corrected chi connectivity index (χ0v) is 11.7. The van der Waals surface area contributed by atoms with Gasteiger partial charge in [0, 0.05) is 24.4 Å². The Hall–Kier alpha value is -2.63. The van der Waals surface area contributed by atoms with Gasteiger partial charge in [-0.05, 0) is 24.3 Å². The maximum Gasteiger partial charge on any atom is 0.256 e. The standard InChI is InChI=1S/C15H15FN2O3/c1-20-11-6-5-10(13(8-11)21-2)9-18-15(19)12-4-3-7-17-14(12)16/h3-8H,9H2,1-2H3,(H,18,19). The summed E-state index contributed by atoms with van der Waals surface area (Å²) in [5.41, 5.74) is 0.668. The van der Waals surface area contributed by atoms with Crippen LogP contribution in [-0.2, 0) is 6.54 Å². The van der Waals surface area contributed by atoms with Crippen molar-refractivity contribution in [3.05, 3.63) is 53.6 Å². The predicted molar refractivity (Wildman–Crippen MR) is 74.9 cm³/mol. The van der Waals surface area contributed by atoms with Gasteiger partial charge in [-0.25, -0.2) is 4.98 Å². The van der Waals surface area contributed by atoms with Crippen LogP contribution in [0.2, 0.25) is 0 Å². The fourth-order valence-electron chi connectivity index (χ4n) is 1.82. The van der Waals surface area contributed by atoms with Gasteiger partial charge in [0.2, 0.25) is 5.95 Å². The third kappa shape index (κ3) is 3.47. The molecule has 2 aromatic rings. The molecule has 1 N–H and O–H groups in total. The molecule has 2 rings (SSSR count). The van der Waals surface area contributed by atoms with Crippen LogP contribution in [0.4, 0.5) is 4.39 Å². The van der Waals surface area contributed by atoms with Crippen LogP contribution >= 0.6 is 0 Å². The molecule has 0 fully saturated rings. The smallest absolute Gasteiger partial charge is 0.256 e. The highest BCUT2D eigenvalue weighted by atomic mass is 19.1. The summed E-state index contributed by atoms with van der Waals surface area (Å²) < 4.78 is 23.7. The molecule has 1 amide bonds. The number of aromatic nitrogens is 1. The molecule has 1 heterocycles. The molecule has 21 heavy (non-hydrogen) atoms. The highest BCUT2D eigenvalue weighted by molar-refractivity contribution is 5.94. The number of hydrogen-bond acceptors (Lipinski definition) is 4. The van der Waals surface area contributed by atoms with E-state index in [1.54, 1.807) is 25.3 Å². The number of rotatable bonds is 5. The maximum absolute atomic E-state index is 13.4. The molecule has 1 aromatic carbocycles. The molecule has 1 aromatic heterocycles. The zero-order valence-electron chi connectivity index (χ0n) is 11.7. The minimum Gasteiger partial charge on any atom is -0.497 e. The summed E-state index contributed by atoms with van der Waals surface area (Å²) >= 11 is 0. The second-order valence-corrected chi connectivity index (χ2v) is 4.20. The van der Waals surface area contributed by atoms with E-state index in [9.17, 15) is 9.18 Å². The molecule has 0 spiro atoms. The molecule has 0 saturated heterocycles. The summed E-state index contributed by atoms with van der Waals surface area (Å²) in [4.78, 5) is 15.3. The van der Waals surface area contributed by atoms with Gasteiger partial charge in [0.05, 0.1) is 19.8 Å². The minimum atomic E-state index is -0.795. The van der Waals surface area contributed by atoms with E-state index in [2.05, 4.69) is 10.3 Å². The summed E-state index contributed by atoms with van der Waals surface area (Å²) in [5, 5.41) is 2.63. The van der Waals surface area contributed by atoms with E-state index < -0.39 is 11.9 Å². The normalized spacial score (nSPS) is 10.0. The van der Waals surface area contributed by atoms with Gasteiger partial charge in [-0.2, -0.15) is 4.39 Å². The van der Waals surface area contributed by atoms with Crippen LogP contribution in [0.15, 0.2) is 36.5 Å². The lowest BCUT2D eigenvalue weighted by Crippen LogP contribution is -2.24. The van der Waals surface area contributed by atoms with Gasteiger partial charge in [-0.15, -0.1) is 0 Å². The molecular formula is C15H15FN2O3. The number of carbonyl (C=O) groups excluding carboxylic acids is 1. The number of halogens is 1. The fourth-order valence-corrected chi connectivity index (χ4v) is 1.82. The lowest BCUT2D eigenvalue weighted by atomic mass is 10.1. The van der Waals surface area contributed by atoms with Crippen LogP contribution in [0.5, 0.6) is 11.5 Å². The number of methoxy groups -OCH3 is 2. The number of benzene rings is 1. The first-order valence-corrected chi connectivity index (χ1v) is 6.25. The van der Waals surface area contributed by atoms with Crippen molar-refractivity contribution in [2.24, 2.45) is 0 Å². The van der Waals surface area contributed by atoms with E-state index in [1.165, 1.54) is 25.4 Å². The third-order valence-electron chi connectivity index (χ3n) is 2.94. The molecule has 5 nitrogen and oxygen atoms in total. The Labute approximate surface area is 121 Å². The van der Waals surface area contributed by atoms with Crippen molar-refractivity contribution in [2.75, 3.05) is 14.2 Å². The van der Waals surface area contributed by atoms with Crippen LogP contribution in [0.1, 0.15) is 15.9 Å². The number of ether oxygens (including phenoxy) is 2. The molecule has 0 aliphatic heterocycles. The minimum absolute atomic E-state index is 0.0926. The Morgan fingerprint density at radius 1 is 1.29 bits per heavy atom. The number of pyridine rings is 1. The van der Waals surface area contributed by atoms with Crippen LogP contribution in [-0.4, -0.2) is 25.1 Å². The van der Waals surface area contributed by atoms with Gasteiger partial charge in [-0.1, -0.05) is 0 Å². The first-order chi connectivity index (χ1) is 10.2. The molecule has 0 unspecified atom stereocenters. The lowest BCUT2D eigenvalue weighted by molar-refractivity contribution is 0.0945. The SMILES string of the molecule is COc1ccc(CNC(=O)c2cccnc2F)c(OC)c1. The van der Waals surface area contributed by atoms with E-state index in [1.807, 2.05) is 0 Å². The number of hydrogen-bond donors (Lipinski definition) is 1. The number of nitrogens with zero attached hydrogens (tertiary/aromatic N) is 1. The summed E-state index contributed by atoms with van der Waals surface area (Å²) in [6.07, 6.45) is 1.29. The van der Waals surface area contributed by atoms with E-state index in [4.69, 9.17) is 9.47 Å². The Bertz CT molecular complexity index is 647. The van der Waals surface area contributed by atoms with E-state index >= 15 is 0 Å². The van der Waals surface area contributed by atoms with E-state index in [0.29, 0.717) is 11.5 Å². The van der Waals surface area contributed by atoms with E-state index in [0.717, 1.165) is 5.56 Å². The Balaban J connectivity index is 2.10. The zero-order chi connectivity index (χ0) is 15.2. The number of nitrogens with one attached hydrogen (secondary N) is 1. The van der Waals surface area contributed by atoms with Gasteiger partial charge in [0.25, 0.3) is 5.91 Å². The van der Waals surface area contributed by atoms with Crippen LogP contribution in [0.25, 0.3) is 0 Å². The van der Waals surface area contributed by atoms with Crippen LogP contribution < -0.4 is 14.8 Å². The Kier molecular flexibility index (Phi) is 4.71. The summed E-state index contributed by atoms with van der Waals surface area (Å²) in [6.45, 7) is 0.209. The van der Waals surface area contributed by atoms with Crippen molar-refractivity contribution in [2.45, 2.75) is 6.54 Å². The first-order valence-electron chi connectivity index (χ1n) is 6.25.